The molecule has 12 heavy (non-hydrogen) atoms. The predicted octanol–water partition coefficient (Wildman–Crippen LogP) is 3.94. The van der Waals surface area contributed by atoms with E-state index in [0.717, 1.165) is 6.61 Å². The molecule has 0 bridgehead atoms. The number of ether oxygens (including phenoxy) is 1. The maximum Gasteiger partial charge on any atom is 0.0700 e. The maximum atomic E-state index is 4.74. The van der Waals surface area contributed by atoms with E-state index in [4.69, 9.17) is 4.74 Å². The monoisotopic (exact) mass is 171 g/mol. The standard InChI is InChI=1S/C11H23O/c1-3-4-5-6-7-8-9-10-11-12-2/h2-11H2,1H3. The molecule has 73 valence electrons. The number of rotatable bonds is 9. The van der Waals surface area contributed by atoms with Gasteiger partial charge in [-0.3, -0.25) is 0 Å². The number of hydrogen-bond acceptors (Lipinski definition) is 1. The van der Waals surface area contributed by atoms with Crippen LogP contribution in [0.1, 0.15) is 58.3 Å². The van der Waals surface area contributed by atoms with Gasteiger partial charge in [0.2, 0.25) is 0 Å². The quantitative estimate of drug-likeness (QED) is 0.477. The van der Waals surface area contributed by atoms with Crippen LogP contribution in [0.25, 0.3) is 0 Å². The Morgan fingerprint density at radius 1 is 0.833 bits per heavy atom. The van der Waals surface area contributed by atoms with Crippen LogP contribution in [0.15, 0.2) is 0 Å². The summed E-state index contributed by atoms with van der Waals surface area (Å²) in [4.78, 5) is 0. The molecule has 1 heteroatoms. The molecule has 0 aromatic rings. The first kappa shape index (κ1) is 12.0. The molecule has 0 rings (SSSR count). The fourth-order valence-corrected chi connectivity index (χ4v) is 1.34. The third-order valence-electron chi connectivity index (χ3n) is 2.14. The minimum atomic E-state index is 0.828. The summed E-state index contributed by atoms with van der Waals surface area (Å²) in [5.41, 5.74) is 0. The minimum Gasteiger partial charge on any atom is -0.379 e. The average molecular weight is 171 g/mol. The van der Waals surface area contributed by atoms with E-state index >= 15 is 0 Å². The van der Waals surface area contributed by atoms with Crippen molar-refractivity contribution < 1.29 is 4.74 Å². The predicted molar refractivity (Wildman–Crippen MR) is 53.9 cm³/mol. The maximum absolute atomic E-state index is 4.74. The molecule has 0 saturated carbocycles. The molecule has 0 spiro atoms. The Hall–Kier alpha value is -0.0400. The third-order valence-corrected chi connectivity index (χ3v) is 2.14. The lowest BCUT2D eigenvalue weighted by atomic mass is 10.1. The lowest BCUT2D eigenvalue weighted by Gasteiger charge is -2.00. The Labute approximate surface area is 77.5 Å². The molecular weight excluding hydrogens is 148 g/mol. The van der Waals surface area contributed by atoms with Crippen molar-refractivity contribution in [2.75, 3.05) is 6.61 Å². The first-order valence-electron chi connectivity index (χ1n) is 5.28. The second-order valence-electron chi connectivity index (χ2n) is 3.38. The van der Waals surface area contributed by atoms with Crippen LogP contribution in [0.3, 0.4) is 0 Å². The molecule has 0 N–H and O–H groups in total. The summed E-state index contributed by atoms with van der Waals surface area (Å²) in [5.74, 6) is 0. The lowest BCUT2D eigenvalue weighted by molar-refractivity contribution is 0.233. The van der Waals surface area contributed by atoms with Gasteiger partial charge in [-0.25, -0.2) is 0 Å². The Balaban J connectivity index is 2.73. The first-order chi connectivity index (χ1) is 5.91. The molecule has 0 saturated heterocycles. The molecule has 1 nitrogen and oxygen atoms in total. The SMILES string of the molecule is [CH2]OCCCCCCCCCC. The van der Waals surface area contributed by atoms with Crippen LogP contribution < -0.4 is 0 Å². The zero-order valence-corrected chi connectivity index (χ0v) is 8.48. The summed E-state index contributed by atoms with van der Waals surface area (Å²) >= 11 is 0. The van der Waals surface area contributed by atoms with E-state index < -0.39 is 0 Å². The Kier molecular flexibility index (Phi) is 10.9. The zero-order chi connectivity index (χ0) is 9.07. The van der Waals surface area contributed by atoms with Crippen LogP contribution in [0.2, 0.25) is 0 Å². The third kappa shape index (κ3) is 9.96. The van der Waals surface area contributed by atoms with Crippen molar-refractivity contribution in [1.29, 1.82) is 0 Å². The van der Waals surface area contributed by atoms with E-state index in [0.29, 0.717) is 0 Å². The Morgan fingerprint density at radius 2 is 1.33 bits per heavy atom. The van der Waals surface area contributed by atoms with Crippen LogP contribution in [-0.4, -0.2) is 6.61 Å². The zero-order valence-electron chi connectivity index (χ0n) is 8.48. The van der Waals surface area contributed by atoms with Crippen LogP contribution in [-0.2, 0) is 4.74 Å². The first-order valence-corrected chi connectivity index (χ1v) is 5.28. The van der Waals surface area contributed by atoms with Crippen LogP contribution in [0.5, 0.6) is 0 Å². The molecule has 0 aliphatic carbocycles. The molecule has 0 aliphatic heterocycles. The van der Waals surface area contributed by atoms with Gasteiger partial charge in [0.05, 0.1) is 7.11 Å². The van der Waals surface area contributed by atoms with E-state index in [-0.39, 0.29) is 0 Å². The van der Waals surface area contributed by atoms with Crippen molar-refractivity contribution in [3.63, 3.8) is 0 Å². The summed E-state index contributed by atoms with van der Waals surface area (Å²) in [5, 5.41) is 0. The highest BCUT2D eigenvalue weighted by atomic mass is 16.5. The van der Waals surface area contributed by atoms with E-state index in [1.165, 1.54) is 51.4 Å². The molecule has 0 unspecified atom stereocenters. The molecule has 0 heterocycles. The van der Waals surface area contributed by atoms with Gasteiger partial charge in [-0.2, -0.15) is 0 Å². The summed E-state index contributed by atoms with van der Waals surface area (Å²) in [6.45, 7) is 3.08. The number of hydrogen-bond donors (Lipinski definition) is 0. The molecule has 1 radical (unpaired) electrons. The van der Waals surface area contributed by atoms with E-state index in [9.17, 15) is 0 Å². The van der Waals surface area contributed by atoms with Gasteiger partial charge in [0, 0.05) is 6.61 Å². The molecular formula is C11H23O. The van der Waals surface area contributed by atoms with E-state index in [2.05, 4.69) is 14.0 Å². The largest absolute Gasteiger partial charge is 0.379 e. The smallest absolute Gasteiger partial charge is 0.0700 e. The van der Waals surface area contributed by atoms with Crippen molar-refractivity contribution in [1.82, 2.24) is 0 Å². The van der Waals surface area contributed by atoms with Crippen molar-refractivity contribution in [2.45, 2.75) is 58.3 Å². The number of unbranched alkanes of at least 4 members (excludes halogenated alkanes) is 7. The van der Waals surface area contributed by atoms with E-state index in [1.807, 2.05) is 0 Å². The average Bonchev–Trinajstić information content (AvgIpc) is 2.10. The summed E-state index contributed by atoms with van der Waals surface area (Å²) in [6.07, 6.45) is 10.8. The van der Waals surface area contributed by atoms with Gasteiger partial charge in [0.25, 0.3) is 0 Å². The van der Waals surface area contributed by atoms with Crippen molar-refractivity contribution >= 4 is 0 Å². The second-order valence-corrected chi connectivity index (χ2v) is 3.38. The van der Waals surface area contributed by atoms with Crippen molar-refractivity contribution in [3.8, 4) is 0 Å². The highest BCUT2D eigenvalue weighted by molar-refractivity contribution is 4.45. The van der Waals surface area contributed by atoms with Gasteiger partial charge in [-0.1, -0.05) is 51.9 Å². The molecule has 0 aromatic carbocycles. The van der Waals surface area contributed by atoms with Gasteiger partial charge >= 0.3 is 0 Å². The molecule has 0 amide bonds. The van der Waals surface area contributed by atoms with Gasteiger partial charge in [-0.05, 0) is 6.42 Å². The topological polar surface area (TPSA) is 9.23 Å². The molecule has 0 aliphatic rings. The summed E-state index contributed by atoms with van der Waals surface area (Å²) < 4.78 is 4.74. The lowest BCUT2D eigenvalue weighted by Crippen LogP contribution is -1.86. The normalized spacial score (nSPS) is 10.5. The van der Waals surface area contributed by atoms with Gasteiger partial charge < -0.3 is 4.74 Å². The summed E-state index contributed by atoms with van der Waals surface area (Å²) in [7, 11) is 3.34. The van der Waals surface area contributed by atoms with Gasteiger partial charge in [0.1, 0.15) is 0 Å². The Bertz CT molecular complexity index is 61.4. The van der Waals surface area contributed by atoms with Crippen molar-refractivity contribution in [2.24, 2.45) is 0 Å². The second kappa shape index (κ2) is 11.0. The van der Waals surface area contributed by atoms with Gasteiger partial charge in [0.15, 0.2) is 0 Å². The van der Waals surface area contributed by atoms with E-state index in [1.54, 1.807) is 0 Å². The fourth-order valence-electron chi connectivity index (χ4n) is 1.34. The molecule has 0 aromatic heterocycles. The fraction of sp³-hybridized carbons (Fsp3) is 0.909. The highest BCUT2D eigenvalue weighted by Crippen LogP contribution is 2.07. The highest BCUT2D eigenvalue weighted by Gasteiger charge is 1.90. The molecule has 0 atom stereocenters. The van der Waals surface area contributed by atoms with Crippen LogP contribution in [0.4, 0.5) is 0 Å². The Morgan fingerprint density at radius 3 is 1.83 bits per heavy atom. The van der Waals surface area contributed by atoms with Gasteiger partial charge in [-0.15, -0.1) is 0 Å². The van der Waals surface area contributed by atoms with Crippen LogP contribution in [0, 0.1) is 7.11 Å². The molecule has 0 fully saturated rings. The summed E-state index contributed by atoms with van der Waals surface area (Å²) in [6, 6.07) is 0. The van der Waals surface area contributed by atoms with Crippen LogP contribution >= 0.6 is 0 Å². The minimum absolute atomic E-state index is 0.828. The van der Waals surface area contributed by atoms with Crippen molar-refractivity contribution in [3.05, 3.63) is 7.11 Å².